The Labute approximate surface area is 133 Å². The molecular formula is C12H11F11O2. The lowest BCUT2D eigenvalue weighted by atomic mass is 9.94. The summed E-state index contributed by atoms with van der Waals surface area (Å²) in [4.78, 5) is 10.6. The fraction of sp³-hybridized carbons (Fsp3) is 0.750. The predicted molar refractivity (Wildman–Crippen MR) is 60.6 cm³/mol. The van der Waals surface area contributed by atoms with E-state index in [-0.39, 0.29) is 6.26 Å². The summed E-state index contributed by atoms with van der Waals surface area (Å²) in [5.41, 5.74) is 0. The maximum atomic E-state index is 13.3. The number of esters is 1. The van der Waals surface area contributed by atoms with Crippen LogP contribution in [0.3, 0.4) is 0 Å². The molecule has 2 nitrogen and oxygen atoms in total. The fourth-order valence-corrected chi connectivity index (χ4v) is 1.53. The Hall–Kier alpha value is -1.56. The van der Waals surface area contributed by atoms with Gasteiger partial charge in [0.05, 0.1) is 6.26 Å². The summed E-state index contributed by atoms with van der Waals surface area (Å²) < 4.78 is 145. The molecule has 0 radical (unpaired) electrons. The summed E-state index contributed by atoms with van der Waals surface area (Å²) in [6, 6.07) is 0. The van der Waals surface area contributed by atoms with E-state index in [1.165, 1.54) is 0 Å². The third-order valence-corrected chi connectivity index (χ3v) is 2.90. The van der Waals surface area contributed by atoms with E-state index in [0.717, 1.165) is 0 Å². The van der Waals surface area contributed by atoms with Crippen LogP contribution in [0.4, 0.5) is 48.3 Å². The molecule has 0 aliphatic carbocycles. The van der Waals surface area contributed by atoms with E-state index < -0.39 is 61.5 Å². The molecule has 0 unspecified atom stereocenters. The van der Waals surface area contributed by atoms with Crippen LogP contribution in [0.1, 0.15) is 25.7 Å². The third-order valence-electron chi connectivity index (χ3n) is 2.90. The molecule has 0 saturated heterocycles. The molecule has 0 atom stereocenters. The van der Waals surface area contributed by atoms with Gasteiger partial charge in [-0.1, -0.05) is 6.58 Å². The lowest BCUT2D eigenvalue weighted by molar-refractivity contribution is -0.360. The average Bonchev–Trinajstić information content (AvgIpc) is 2.42. The summed E-state index contributed by atoms with van der Waals surface area (Å²) in [6.45, 7) is 2.53. The molecular weight excluding hydrogens is 385 g/mol. The number of carbonyl (C=O) groups is 1. The van der Waals surface area contributed by atoms with Gasteiger partial charge in [0.15, 0.2) is 0 Å². The van der Waals surface area contributed by atoms with E-state index in [9.17, 15) is 53.1 Å². The fourth-order valence-electron chi connectivity index (χ4n) is 1.53. The van der Waals surface area contributed by atoms with Crippen molar-refractivity contribution in [2.24, 2.45) is 0 Å². The lowest BCUT2D eigenvalue weighted by Gasteiger charge is -2.35. The van der Waals surface area contributed by atoms with Crippen LogP contribution < -0.4 is 0 Å². The Morgan fingerprint density at radius 3 is 1.64 bits per heavy atom. The first-order valence-corrected chi connectivity index (χ1v) is 6.34. The number of hydrogen-bond acceptors (Lipinski definition) is 2. The second-order valence-electron chi connectivity index (χ2n) is 4.82. The van der Waals surface area contributed by atoms with Gasteiger partial charge >= 0.3 is 35.8 Å². The van der Waals surface area contributed by atoms with Gasteiger partial charge in [0.25, 0.3) is 0 Å². The summed E-state index contributed by atoms with van der Waals surface area (Å²) in [5.74, 6) is -29.0. The molecule has 0 saturated carbocycles. The predicted octanol–water partition coefficient (Wildman–Crippen LogP) is 5.34. The van der Waals surface area contributed by atoms with Crippen molar-refractivity contribution in [3.63, 3.8) is 0 Å². The van der Waals surface area contributed by atoms with Crippen molar-refractivity contribution < 1.29 is 57.8 Å². The Balaban J connectivity index is 5.33. The number of alkyl halides is 11. The van der Waals surface area contributed by atoms with Gasteiger partial charge in [-0.2, -0.15) is 48.3 Å². The Morgan fingerprint density at radius 2 is 1.24 bits per heavy atom. The van der Waals surface area contributed by atoms with Gasteiger partial charge < -0.3 is 4.74 Å². The van der Waals surface area contributed by atoms with Crippen molar-refractivity contribution in [3.8, 4) is 0 Å². The molecule has 0 fully saturated rings. The Morgan fingerprint density at radius 1 is 0.800 bits per heavy atom. The van der Waals surface area contributed by atoms with Crippen LogP contribution in [0.25, 0.3) is 0 Å². The molecule has 0 rings (SSSR count). The first-order valence-electron chi connectivity index (χ1n) is 6.34. The van der Waals surface area contributed by atoms with Gasteiger partial charge in [-0.05, 0) is 12.8 Å². The van der Waals surface area contributed by atoms with E-state index in [1.54, 1.807) is 0 Å². The number of rotatable bonds is 9. The molecule has 0 aromatic carbocycles. The monoisotopic (exact) mass is 396 g/mol. The maximum Gasteiger partial charge on any atom is 0.411 e. The van der Waals surface area contributed by atoms with Crippen LogP contribution in [-0.4, -0.2) is 35.8 Å². The highest BCUT2D eigenvalue weighted by Crippen LogP contribution is 2.54. The SMILES string of the molecule is C=COC(=O)C(F)(F)C(F)(F)C(F)(F)C(F)(F)CCCCC(F)(F)F. The van der Waals surface area contributed by atoms with Crippen molar-refractivity contribution in [2.45, 2.75) is 55.5 Å². The van der Waals surface area contributed by atoms with Crippen molar-refractivity contribution in [2.75, 3.05) is 0 Å². The van der Waals surface area contributed by atoms with Gasteiger partial charge in [0, 0.05) is 12.8 Å². The van der Waals surface area contributed by atoms with Gasteiger partial charge in [0.1, 0.15) is 0 Å². The zero-order chi connectivity index (χ0) is 20.3. The van der Waals surface area contributed by atoms with Gasteiger partial charge in [-0.3, -0.25) is 0 Å². The molecule has 148 valence electrons. The molecule has 0 bridgehead atoms. The van der Waals surface area contributed by atoms with Crippen LogP contribution in [0.2, 0.25) is 0 Å². The van der Waals surface area contributed by atoms with Crippen molar-refractivity contribution in [1.82, 2.24) is 0 Å². The number of carbonyl (C=O) groups excluding carboxylic acids is 1. The van der Waals surface area contributed by atoms with Crippen LogP contribution in [-0.2, 0) is 9.53 Å². The number of hydrogen-bond donors (Lipinski definition) is 0. The molecule has 0 N–H and O–H groups in total. The van der Waals surface area contributed by atoms with E-state index in [4.69, 9.17) is 0 Å². The minimum Gasteiger partial charge on any atom is -0.431 e. The summed E-state index contributed by atoms with van der Waals surface area (Å²) >= 11 is 0. The largest absolute Gasteiger partial charge is 0.431 e. The van der Waals surface area contributed by atoms with Crippen LogP contribution in [0, 0.1) is 0 Å². The van der Waals surface area contributed by atoms with Crippen LogP contribution >= 0.6 is 0 Å². The third kappa shape index (κ3) is 4.97. The van der Waals surface area contributed by atoms with Crippen molar-refractivity contribution >= 4 is 5.97 Å². The minimum atomic E-state index is -6.88. The number of halogens is 11. The molecule has 25 heavy (non-hydrogen) atoms. The summed E-state index contributed by atoms with van der Waals surface area (Å²) in [6.07, 6.45) is -11.2. The van der Waals surface area contributed by atoms with Gasteiger partial charge in [-0.25, -0.2) is 4.79 Å². The number of unbranched alkanes of at least 4 members (excludes halogenated alkanes) is 1. The van der Waals surface area contributed by atoms with Gasteiger partial charge in [-0.15, -0.1) is 0 Å². The van der Waals surface area contributed by atoms with E-state index >= 15 is 0 Å². The number of ether oxygens (including phenoxy) is 1. The van der Waals surface area contributed by atoms with E-state index in [0.29, 0.717) is 0 Å². The highest BCUT2D eigenvalue weighted by molar-refractivity contribution is 5.79. The Bertz CT molecular complexity index is 482. The second-order valence-corrected chi connectivity index (χ2v) is 4.82. The molecule has 0 spiro atoms. The van der Waals surface area contributed by atoms with Crippen molar-refractivity contribution in [3.05, 3.63) is 12.8 Å². The molecule has 0 aliphatic rings. The highest BCUT2D eigenvalue weighted by atomic mass is 19.4. The van der Waals surface area contributed by atoms with E-state index in [2.05, 4.69) is 11.3 Å². The second kappa shape index (κ2) is 7.36. The van der Waals surface area contributed by atoms with Crippen LogP contribution in [0.5, 0.6) is 0 Å². The topological polar surface area (TPSA) is 26.3 Å². The average molecular weight is 396 g/mol. The molecule has 0 amide bonds. The smallest absolute Gasteiger partial charge is 0.411 e. The van der Waals surface area contributed by atoms with E-state index in [1.807, 2.05) is 0 Å². The first-order chi connectivity index (χ1) is 10.9. The summed E-state index contributed by atoms with van der Waals surface area (Å²) in [7, 11) is 0. The normalized spacial score (nSPS) is 14.4. The zero-order valence-corrected chi connectivity index (χ0v) is 12.1. The summed E-state index contributed by atoms with van der Waals surface area (Å²) in [5, 5.41) is 0. The van der Waals surface area contributed by atoms with Gasteiger partial charge in [0.2, 0.25) is 0 Å². The molecule has 0 heterocycles. The standard InChI is InChI=1S/C12H11F11O2/c1-2-25-7(24)10(18,19)12(22,23)11(20,21)8(13,14)5-3-4-6-9(15,16)17/h2H,1,3-6H2. The molecule has 0 aromatic heterocycles. The maximum absolute atomic E-state index is 13.3. The molecule has 0 aromatic rings. The molecule has 13 heteroatoms. The van der Waals surface area contributed by atoms with Crippen LogP contribution in [0.15, 0.2) is 12.8 Å². The first kappa shape index (κ1) is 23.4. The zero-order valence-electron chi connectivity index (χ0n) is 12.1. The minimum absolute atomic E-state index is 0.111. The lowest BCUT2D eigenvalue weighted by Crippen LogP contribution is -2.64. The highest BCUT2D eigenvalue weighted by Gasteiger charge is 2.82. The quantitative estimate of drug-likeness (QED) is 0.228. The van der Waals surface area contributed by atoms with Crippen molar-refractivity contribution in [1.29, 1.82) is 0 Å². The molecule has 0 aliphatic heterocycles. The Kier molecular flexibility index (Phi) is 6.90.